The first-order valence-corrected chi connectivity index (χ1v) is 9.65. The van der Waals surface area contributed by atoms with Gasteiger partial charge >= 0.3 is 0 Å². The molecule has 0 spiro atoms. The van der Waals surface area contributed by atoms with Crippen LogP contribution >= 0.6 is 0 Å². The number of hydrogen-bond acceptors (Lipinski definition) is 7. The van der Waals surface area contributed by atoms with Gasteiger partial charge in [0.15, 0.2) is 0 Å². The smallest absolute Gasteiger partial charge is 0.241 e. The zero-order valence-corrected chi connectivity index (χ0v) is 15.8. The normalized spacial score (nSPS) is 11.3. The van der Waals surface area contributed by atoms with Crippen LogP contribution in [0.15, 0.2) is 53.4 Å². The summed E-state index contributed by atoms with van der Waals surface area (Å²) in [5, 5.41) is 12.3. The van der Waals surface area contributed by atoms with Gasteiger partial charge in [-0.3, -0.25) is 4.79 Å². The summed E-state index contributed by atoms with van der Waals surface area (Å²) in [7, 11) is -2.22. The second-order valence-corrected chi connectivity index (χ2v) is 7.57. The van der Waals surface area contributed by atoms with Crippen molar-refractivity contribution in [3.63, 3.8) is 0 Å². The first kappa shape index (κ1) is 19.5. The number of primary amides is 1. The van der Waals surface area contributed by atoms with Crippen LogP contribution in [-0.2, 0) is 21.4 Å². The van der Waals surface area contributed by atoms with Gasteiger partial charge in [0.05, 0.1) is 25.1 Å². The number of sulfonamides is 1. The molecule has 3 rings (SSSR count). The van der Waals surface area contributed by atoms with E-state index in [-0.39, 0.29) is 4.90 Å². The SMILES string of the molecule is COc1ccc(Cn2nnc(-c3ccc(S(=O)(=O)NCC(N)=O)cc3)n2)cc1. The fourth-order valence-electron chi connectivity index (χ4n) is 2.35. The van der Waals surface area contributed by atoms with Gasteiger partial charge in [-0.15, -0.1) is 10.2 Å². The molecule has 146 valence electrons. The first-order valence-electron chi connectivity index (χ1n) is 8.16. The third kappa shape index (κ3) is 4.69. The standard InChI is InChI=1S/C17H18N6O4S/c1-27-14-6-2-12(3-7-14)11-23-21-17(20-22-23)13-4-8-15(9-5-13)28(25,26)19-10-16(18)24/h2-9,19H,10-11H2,1H3,(H2,18,24). The molecular formula is C17H18N6O4S. The average molecular weight is 402 g/mol. The number of hydrogen-bond donors (Lipinski definition) is 2. The van der Waals surface area contributed by atoms with E-state index in [2.05, 4.69) is 20.1 Å². The predicted molar refractivity (Wildman–Crippen MR) is 99.7 cm³/mol. The minimum absolute atomic E-state index is 0.00289. The molecule has 0 aliphatic rings. The number of methoxy groups -OCH3 is 1. The third-order valence-electron chi connectivity index (χ3n) is 3.80. The Balaban J connectivity index is 1.71. The van der Waals surface area contributed by atoms with E-state index >= 15 is 0 Å². The molecule has 10 nitrogen and oxygen atoms in total. The minimum atomic E-state index is -3.82. The molecule has 28 heavy (non-hydrogen) atoms. The number of nitrogens with one attached hydrogen (secondary N) is 1. The summed E-state index contributed by atoms with van der Waals surface area (Å²) in [6.45, 7) is -0.0359. The van der Waals surface area contributed by atoms with Crippen LogP contribution in [0.2, 0.25) is 0 Å². The Kier molecular flexibility index (Phi) is 5.66. The number of rotatable bonds is 8. The molecule has 11 heteroatoms. The Labute approximate surface area is 161 Å². The molecule has 0 aliphatic heterocycles. The van der Waals surface area contributed by atoms with Crippen molar-refractivity contribution in [1.29, 1.82) is 0 Å². The topological polar surface area (TPSA) is 142 Å². The molecule has 0 atom stereocenters. The number of nitrogens with two attached hydrogens (primary N) is 1. The van der Waals surface area contributed by atoms with E-state index in [0.29, 0.717) is 17.9 Å². The summed E-state index contributed by atoms with van der Waals surface area (Å²) >= 11 is 0. The first-order chi connectivity index (χ1) is 13.4. The number of aromatic nitrogens is 4. The van der Waals surface area contributed by atoms with Gasteiger partial charge in [0, 0.05) is 5.56 Å². The number of carbonyl (C=O) groups excluding carboxylic acids is 1. The van der Waals surface area contributed by atoms with Crippen LogP contribution in [-0.4, -0.2) is 48.2 Å². The van der Waals surface area contributed by atoms with E-state index in [1.54, 1.807) is 19.2 Å². The van der Waals surface area contributed by atoms with E-state index in [1.165, 1.54) is 16.9 Å². The van der Waals surface area contributed by atoms with Gasteiger partial charge in [-0.1, -0.05) is 12.1 Å². The lowest BCUT2D eigenvalue weighted by atomic mass is 10.2. The minimum Gasteiger partial charge on any atom is -0.497 e. The lowest BCUT2D eigenvalue weighted by molar-refractivity contribution is -0.116. The van der Waals surface area contributed by atoms with Gasteiger partial charge < -0.3 is 10.5 Å². The summed E-state index contributed by atoms with van der Waals surface area (Å²) in [6, 6.07) is 13.4. The predicted octanol–water partition coefficient (Wildman–Crippen LogP) is 0.161. The molecule has 1 aromatic heterocycles. The number of ether oxygens (including phenoxy) is 1. The molecule has 1 amide bonds. The summed E-state index contributed by atoms with van der Waals surface area (Å²) in [5.74, 6) is 0.358. The fourth-order valence-corrected chi connectivity index (χ4v) is 3.35. The molecular weight excluding hydrogens is 384 g/mol. The third-order valence-corrected chi connectivity index (χ3v) is 5.21. The van der Waals surface area contributed by atoms with Crippen molar-refractivity contribution >= 4 is 15.9 Å². The lowest BCUT2D eigenvalue weighted by Gasteiger charge is -2.05. The summed E-state index contributed by atoms with van der Waals surface area (Å²) in [6.07, 6.45) is 0. The molecule has 2 aromatic carbocycles. The van der Waals surface area contributed by atoms with Crippen LogP contribution in [0.1, 0.15) is 5.56 Å². The van der Waals surface area contributed by atoms with E-state index in [9.17, 15) is 13.2 Å². The molecule has 0 saturated heterocycles. The van der Waals surface area contributed by atoms with Crippen molar-refractivity contribution in [3.05, 3.63) is 54.1 Å². The number of tetrazole rings is 1. The van der Waals surface area contributed by atoms with Crippen LogP contribution in [0.5, 0.6) is 5.75 Å². The molecule has 0 aliphatic carbocycles. The lowest BCUT2D eigenvalue weighted by Crippen LogP contribution is -2.33. The van der Waals surface area contributed by atoms with Crippen LogP contribution in [0, 0.1) is 0 Å². The molecule has 0 saturated carbocycles. The number of carbonyl (C=O) groups is 1. The van der Waals surface area contributed by atoms with Crippen molar-refractivity contribution in [3.8, 4) is 17.1 Å². The monoisotopic (exact) mass is 402 g/mol. The van der Waals surface area contributed by atoms with Gasteiger partial charge in [0.2, 0.25) is 21.8 Å². The highest BCUT2D eigenvalue weighted by molar-refractivity contribution is 7.89. The molecule has 0 fully saturated rings. The van der Waals surface area contributed by atoms with Crippen molar-refractivity contribution in [2.24, 2.45) is 5.73 Å². The summed E-state index contributed by atoms with van der Waals surface area (Å²) < 4.78 is 31.4. The highest BCUT2D eigenvalue weighted by atomic mass is 32.2. The highest BCUT2D eigenvalue weighted by Gasteiger charge is 2.15. The van der Waals surface area contributed by atoms with Crippen molar-refractivity contribution in [1.82, 2.24) is 24.9 Å². The average Bonchev–Trinajstić information content (AvgIpc) is 3.16. The number of nitrogens with zero attached hydrogens (tertiary/aromatic N) is 4. The van der Waals surface area contributed by atoms with Crippen molar-refractivity contribution in [2.75, 3.05) is 13.7 Å². The summed E-state index contributed by atoms with van der Waals surface area (Å²) in [4.78, 5) is 12.2. The largest absolute Gasteiger partial charge is 0.497 e. The maximum absolute atomic E-state index is 12.1. The Bertz CT molecular complexity index is 1060. The summed E-state index contributed by atoms with van der Waals surface area (Å²) in [5.41, 5.74) is 6.54. The van der Waals surface area contributed by atoms with E-state index in [4.69, 9.17) is 10.5 Å². The zero-order chi connectivity index (χ0) is 20.1. The highest BCUT2D eigenvalue weighted by Crippen LogP contribution is 2.18. The molecule has 0 unspecified atom stereocenters. The quantitative estimate of drug-likeness (QED) is 0.546. The molecule has 3 N–H and O–H groups in total. The van der Waals surface area contributed by atoms with Crippen LogP contribution in [0.4, 0.5) is 0 Å². The van der Waals surface area contributed by atoms with Crippen molar-refractivity contribution in [2.45, 2.75) is 11.4 Å². The maximum Gasteiger partial charge on any atom is 0.241 e. The second kappa shape index (κ2) is 8.15. The van der Waals surface area contributed by atoms with Gasteiger partial charge in [-0.2, -0.15) is 4.80 Å². The van der Waals surface area contributed by atoms with Gasteiger partial charge in [-0.05, 0) is 47.2 Å². The fraction of sp³-hybridized carbons (Fsp3) is 0.176. The number of benzene rings is 2. The van der Waals surface area contributed by atoms with Gasteiger partial charge in [0.1, 0.15) is 5.75 Å². The maximum atomic E-state index is 12.1. The molecule has 0 radical (unpaired) electrons. The Hall–Kier alpha value is -3.31. The Morgan fingerprint density at radius 1 is 1.14 bits per heavy atom. The van der Waals surface area contributed by atoms with Crippen LogP contribution in [0.25, 0.3) is 11.4 Å². The molecule has 1 heterocycles. The van der Waals surface area contributed by atoms with E-state index < -0.39 is 22.5 Å². The Morgan fingerprint density at radius 3 is 2.43 bits per heavy atom. The van der Waals surface area contributed by atoms with Crippen molar-refractivity contribution < 1.29 is 17.9 Å². The van der Waals surface area contributed by atoms with E-state index in [1.807, 2.05) is 24.3 Å². The van der Waals surface area contributed by atoms with Gasteiger partial charge in [-0.25, -0.2) is 13.1 Å². The number of amides is 1. The molecule has 3 aromatic rings. The van der Waals surface area contributed by atoms with Crippen LogP contribution < -0.4 is 15.2 Å². The Morgan fingerprint density at radius 2 is 1.82 bits per heavy atom. The van der Waals surface area contributed by atoms with Crippen LogP contribution in [0.3, 0.4) is 0 Å². The second-order valence-electron chi connectivity index (χ2n) is 5.81. The van der Waals surface area contributed by atoms with E-state index in [0.717, 1.165) is 11.3 Å². The van der Waals surface area contributed by atoms with Gasteiger partial charge in [0.25, 0.3) is 0 Å². The zero-order valence-electron chi connectivity index (χ0n) is 14.9. The molecule has 0 bridgehead atoms.